The fourth-order valence-corrected chi connectivity index (χ4v) is 3.34. The van der Waals surface area contributed by atoms with E-state index in [4.69, 9.17) is 4.74 Å². The molecule has 0 aromatic carbocycles. The van der Waals surface area contributed by atoms with E-state index < -0.39 is 0 Å². The van der Waals surface area contributed by atoms with Gasteiger partial charge in [-0.05, 0) is 38.0 Å². The number of carbonyl (C=O) groups excluding carboxylic acids is 1. The second-order valence-electron chi connectivity index (χ2n) is 5.54. The van der Waals surface area contributed by atoms with Crippen molar-refractivity contribution >= 4 is 5.78 Å². The normalized spacial score (nSPS) is 31.8. The number of ether oxygens (including phenoxy) is 1. The number of hydrogen-bond acceptors (Lipinski definition) is 2. The molecule has 16 heavy (non-hydrogen) atoms. The average Bonchev–Trinajstić information content (AvgIpc) is 2.83. The zero-order valence-electron chi connectivity index (χ0n) is 10.4. The van der Waals surface area contributed by atoms with Gasteiger partial charge in [0, 0.05) is 19.4 Å². The van der Waals surface area contributed by atoms with Crippen LogP contribution in [0.25, 0.3) is 0 Å². The maximum atomic E-state index is 12.1. The minimum atomic E-state index is 0.405. The molecule has 92 valence electrons. The zero-order chi connectivity index (χ0) is 11.4. The molecule has 2 fully saturated rings. The van der Waals surface area contributed by atoms with Crippen LogP contribution in [0.3, 0.4) is 0 Å². The Morgan fingerprint density at radius 2 is 1.88 bits per heavy atom. The second-order valence-corrected chi connectivity index (χ2v) is 5.54. The van der Waals surface area contributed by atoms with E-state index in [1.54, 1.807) is 7.11 Å². The van der Waals surface area contributed by atoms with Gasteiger partial charge >= 0.3 is 0 Å². The molecular weight excluding hydrogens is 200 g/mol. The number of ketones is 1. The molecule has 2 nitrogen and oxygen atoms in total. The molecule has 0 saturated heterocycles. The Bertz CT molecular complexity index is 231. The van der Waals surface area contributed by atoms with Crippen LogP contribution in [-0.4, -0.2) is 19.0 Å². The molecule has 0 heterocycles. The van der Waals surface area contributed by atoms with Gasteiger partial charge in [0.05, 0.1) is 6.10 Å². The van der Waals surface area contributed by atoms with Crippen LogP contribution in [-0.2, 0) is 9.53 Å². The molecule has 2 rings (SSSR count). The van der Waals surface area contributed by atoms with Crippen molar-refractivity contribution in [2.24, 2.45) is 11.8 Å². The fourth-order valence-electron chi connectivity index (χ4n) is 3.34. The van der Waals surface area contributed by atoms with E-state index in [1.807, 2.05) is 0 Å². The lowest BCUT2D eigenvalue weighted by atomic mass is 9.82. The molecular formula is C14H24O2. The Balaban J connectivity index is 1.77. The third-order valence-corrected chi connectivity index (χ3v) is 4.37. The van der Waals surface area contributed by atoms with Crippen LogP contribution < -0.4 is 0 Å². The third kappa shape index (κ3) is 3.07. The first-order chi connectivity index (χ1) is 7.79. The number of carbonyl (C=O) groups is 1. The molecule has 0 N–H and O–H groups in total. The SMILES string of the molecule is COC1CCCC(CC(=O)C2CCCC2)C1. The van der Waals surface area contributed by atoms with E-state index in [2.05, 4.69) is 0 Å². The smallest absolute Gasteiger partial charge is 0.136 e. The number of rotatable bonds is 4. The number of hydrogen-bond donors (Lipinski definition) is 0. The van der Waals surface area contributed by atoms with Crippen LogP contribution in [0.15, 0.2) is 0 Å². The van der Waals surface area contributed by atoms with Crippen molar-refractivity contribution in [1.29, 1.82) is 0 Å². The van der Waals surface area contributed by atoms with Gasteiger partial charge in [0.2, 0.25) is 0 Å². The van der Waals surface area contributed by atoms with Crippen molar-refractivity contribution in [3.05, 3.63) is 0 Å². The van der Waals surface area contributed by atoms with Crippen molar-refractivity contribution < 1.29 is 9.53 Å². The van der Waals surface area contributed by atoms with E-state index in [9.17, 15) is 4.79 Å². The minimum Gasteiger partial charge on any atom is -0.381 e. The van der Waals surface area contributed by atoms with E-state index in [0.717, 1.165) is 25.7 Å². The molecule has 2 aliphatic rings. The lowest BCUT2D eigenvalue weighted by Crippen LogP contribution is -2.25. The van der Waals surface area contributed by atoms with Gasteiger partial charge < -0.3 is 4.74 Å². The van der Waals surface area contributed by atoms with Crippen LogP contribution in [0.2, 0.25) is 0 Å². The van der Waals surface area contributed by atoms with E-state index in [-0.39, 0.29) is 0 Å². The molecule has 0 aromatic rings. The molecule has 2 saturated carbocycles. The summed E-state index contributed by atoms with van der Waals surface area (Å²) in [7, 11) is 1.80. The van der Waals surface area contributed by atoms with E-state index in [0.29, 0.717) is 23.7 Å². The highest BCUT2D eigenvalue weighted by atomic mass is 16.5. The molecule has 2 heteroatoms. The van der Waals surface area contributed by atoms with Gasteiger partial charge in [-0.25, -0.2) is 0 Å². The summed E-state index contributed by atoms with van der Waals surface area (Å²) in [5.74, 6) is 1.55. The van der Waals surface area contributed by atoms with Crippen LogP contribution in [0.4, 0.5) is 0 Å². The molecule has 0 amide bonds. The molecule has 0 spiro atoms. The molecule has 2 unspecified atom stereocenters. The minimum absolute atomic E-state index is 0.405. The molecule has 0 aromatic heterocycles. The van der Waals surface area contributed by atoms with Crippen LogP contribution in [0.1, 0.15) is 57.8 Å². The topological polar surface area (TPSA) is 26.3 Å². The zero-order valence-corrected chi connectivity index (χ0v) is 10.4. The first-order valence-corrected chi connectivity index (χ1v) is 6.85. The van der Waals surface area contributed by atoms with E-state index in [1.165, 1.54) is 32.1 Å². The van der Waals surface area contributed by atoms with Gasteiger partial charge in [-0.2, -0.15) is 0 Å². The number of methoxy groups -OCH3 is 1. The summed E-state index contributed by atoms with van der Waals surface area (Å²) in [5.41, 5.74) is 0. The highest BCUT2D eigenvalue weighted by molar-refractivity contribution is 5.81. The molecule has 2 atom stereocenters. The summed E-state index contributed by atoms with van der Waals surface area (Å²) in [6.07, 6.45) is 10.8. The Kier molecular flexibility index (Phi) is 4.39. The van der Waals surface area contributed by atoms with Crippen LogP contribution in [0, 0.1) is 11.8 Å². The van der Waals surface area contributed by atoms with Crippen LogP contribution >= 0.6 is 0 Å². The Labute approximate surface area is 98.7 Å². The monoisotopic (exact) mass is 224 g/mol. The third-order valence-electron chi connectivity index (χ3n) is 4.37. The predicted octanol–water partition coefficient (Wildman–Crippen LogP) is 3.34. The summed E-state index contributed by atoms with van der Waals surface area (Å²) < 4.78 is 5.42. The van der Waals surface area contributed by atoms with Gasteiger partial charge in [0.15, 0.2) is 0 Å². The van der Waals surface area contributed by atoms with Gasteiger partial charge in [0.25, 0.3) is 0 Å². The largest absolute Gasteiger partial charge is 0.381 e. The van der Waals surface area contributed by atoms with Gasteiger partial charge in [-0.1, -0.05) is 19.3 Å². The summed E-state index contributed by atoms with van der Waals surface area (Å²) in [5, 5.41) is 0. The summed E-state index contributed by atoms with van der Waals surface area (Å²) in [6, 6.07) is 0. The summed E-state index contributed by atoms with van der Waals surface area (Å²) in [4.78, 5) is 12.1. The highest BCUT2D eigenvalue weighted by Gasteiger charge is 2.28. The molecule has 0 aliphatic heterocycles. The first kappa shape index (κ1) is 12.1. The van der Waals surface area contributed by atoms with Crippen molar-refractivity contribution in [3.8, 4) is 0 Å². The second kappa shape index (κ2) is 5.81. The summed E-state index contributed by atoms with van der Waals surface area (Å²) in [6.45, 7) is 0. The molecule has 0 radical (unpaired) electrons. The Hall–Kier alpha value is -0.370. The summed E-state index contributed by atoms with van der Waals surface area (Å²) >= 11 is 0. The Morgan fingerprint density at radius 3 is 2.56 bits per heavy atom. The molecule has 0 bridgehead atoms. The Morgan fingerprint density at radius 1 is 1.12 bits per heavy atom. The average molecular weight is 224 g/mol. The maximum absolute atomic E-state index is 12.1. The van der Waals surface area contributed by atoms with Gasteiger partial charge in [-0.3, -0.25) is 4.79 Å². The quantitative estimate of drug-likeness (QED) is 0.732. The highest BCUT2D eigenvalue weighted by Crippen LogP contribution is 2.32. The number of Topliss-reactive ketones (excluding diaryl/α,β-unsaturated/α-hetero) is 1. The van der Waals surface area contributed by atoms with Crippen molar-refractivity contribution in [3.63, 3.8) is 0 Å². The van der Waals surface area contributed by atoms with Gasteiger partial charge in [0.1, 0.15) is 5.78 Å². The first-order valence-electron chi connectivity index (χ1n) is 6.85. The molecule has 2 aliphatic carbocycles. The van der Waals surface area contributed by atoms with Crippen LogP contribution in [0.5, 0.6) is 0 Å². The van der Waals surface area contributed by atoms with Crippen molar-refractivity contribution in [2.75, 3.05) is 7.11 Å². The maximum Gasteiger partial charge on any atom is 0.136 e. The predicted molar refractivity (Wildman–Crippen MR) is 64.3 cm³/mol. The fraction of sp³-hybridized carbons (Fsp3) is 0.929. The van der Waals surface area contributed by atoms with Crippen molar-refractivity contribution in [2.45, 2.75) is 63.9 Å². The standard InChI is InChI=1S/C14H24O2/c1-16-13-8-4-5-11(9-13)10-14(15)12-6-2-3-7-12/h11-13H,2-10H2,1H3. The van der Waals surface area contributed by atoms with E-state index >= 15 is 0 Å². The van der Waals surface area contributed by atoms with Gasteiger partial charge in [-0.15, -0.1) is 0 Å². The lowest BCUT2D eigenvalue weighted by Gasteiger charge is -2.28. The lowest BCUT2D eigenvalue weighted by molar-refractivity contribution is -0.124. The van der Waals surface area contributed by atoms with Crippen molar-refractivity contribution in [1.82, 2.24) is 0 Å².